The van der Waals surface area contributed by atoms with Crippen LogP contribution in [0, 0.1) is 4.77 Å². The molecule has 3 aromatic rings. The normalized spacial score (nSPS) is 13.2. The molecule has 0 radical (unpaired) electrons. The Hall–Kier alpha value is -2.06. The number of hydrogen-bond donors (Lipinski definition) is 1. The molecule has 3 nitrogen and oxygen atoms in total. The molecule has 116 valence electrons. The third-order valence-corrected chi connectivity index (χ3v) is 5.04. The van der Waals surface area contributed by atoms with Crippen molar-refractivity contribution in [2.24, 2.45) is 0 Å². The standard InChI is InChI=1S/C15H7F3N2OS2/c16-15(17,18)7-4-5-10-9(6-7)20-12-8(13(21)19-14(20)22)2-1-3-11(12)23-10/h1-6H,(H,19,21,22). The van der Waals surface area contributed by atoms with Gasteiger partial charge in [0.15, 0.2) is 4.77 Å². The lowest BCUT2D eigenvalue weighted by atomic mass is 10.1. The lowest BCUT2D eigenvalue weighted by Gasteiger charge is -2.23. The van der Waals surface area contributed by atoms with Crippen LogP contribution >= 0.6 is 24.0 Å². The van der Waals surface area contributed by atoms with E-state index in [-0.39, 0.29) is 10.3 Å². The highest BCUT2D eigenvalue weighted by Crippen LogP contribution is 2.43. The number of benzene rings is 2. The Morgan fingerprint density at radius 3 is 2.65 bits per heavy atom. The monoisotopic (exact) mass is 352 g/mol. The Bertz CT molecular complexity index is 1080. The lowest BCUT2D eigenvalue weighted by Crippen LogP contribution is -2.17. The maximum atomic E-state index is 13.0. The highest BCUT2D eigenvalue weighted by Gasteiger charge is 2.32. The van der Waals surface area contributed by atoms with Crippen molar-refractivity contribution in [2.45, 2.75) is 16.0 Å². The zero-order chi connectivity index (χ0) is 16.4. The molecule has 0 bridgehead atoms. The van der Waals surface area contributed by atoms with E-state index in [0.29, 0.717) is 21.5 Å². The van der Waals surface area contributed by atoms with Crippen LogP contribution < -0.4 is 5.56 Å². The molecule has 1 aliphatic heterocycles. The highest BCUT2D eigenvalue weighted by atomic mass is 32.2. The van der Waals surface area contributed by atoms with Crippen LogP contribution in [0.5, 0.6) is 0 Å². The van der Waals surface area contributed by atoms with Crippen LogP contribution in [-0.4, -0.2) is 9.55 Å². The van der Waals surface area contributed by atoms with Gasteiger partial charge in [0.25, 0.3) is 5.56 Å². The van der Waals surface area contributed by atoms with E-state index in [2.05, 4.69) is 4.98 Å². The number of rotatable bonds is 0. The van der Waals surface area contributed by atoms with Crippen LogP contribution in [0.4, 0.5) is 13.2 Å². The fraction of sp³-hybridized carbons (Fsp3) is 0.0667. The zero-order valence-electron chi connectivity index (χ0n) is 11.3. The molecule has 0 saturated heterocycles. The van der Waals surface area contributed by atoms with E-state index >= 15 is 0 Å². The average Bonchev–Trinajstić information content (AvgIpc) is 2.49. The summed E-state index contributed by atoms with van der Waals surface area (Å²) in [5, 5.41) is 0.395. The SMILES string of the molecule is O=c1[nH]c(=S)n2c3c(cccc13)Sc1ccc(C(F)(F)F)cc1-2. The van der Waals surface area contributed by atoms with Crippen LogP contribution in [0.1, 0.15) is 5.56 Å². The number of halogens is 3. The fourth-order valence-electron chi connectivity index (χ4n) is 2.64. The van der Waals surface area contributed by atoms with Crippen LogP contribution in [0.15, 0.2) is 51.0 Å². The predicted molar refractivity (Wildman–Crippen MR) is 83.9 cm³/mol. The predicted octanol–water partition coefficient (Wildman–Crippen LogP) is 4.53. The summed E-state index contributed by atoms with van der Waals surface area (Å²) in [5.41, 5.74) is -0.232. The molecule has 0 aliphatic carbocycles. The zero-order valence-corrected chi connectivity index (χ0v) is 12.9. The molecule has 2 heterocycles. The number of aromatic nitrogens is 2. The number of para-hydroxylation sites is 1. The molecule has 0 unspecified atom stereocenters. The Labute approximate surface area is 136 Å². The molecule has 0 fully saturated rings. The molecule has 0 amide bonds. The Morgan fingerprint density at radius 1 is 1.13 bits per heavy atom. The average molecular weight is 352 g/mol. The minimum Gasteiger partial charge on any atom is -0.298 e. The third-order valence-electron chi connectivity index (χ3n) is 3.64. The number of aromatic amines is 1. The topological polar surface area (TPSA) is 37.8 Å². The van der Waals surface area contributed by atoms with Gasteiger partial charge in [-0.05, 0) is 42.5 Å². The number of nitrogens with one attached hydrogen (secondary N) is 1. The Balaban J connectivity index is 2.17. The van der Waals surface area contributed by atoms with Gasteiger partial charge in [0, 0.05) is 9.79 Å². The molecule has 2 aromatic carbocycles. The molecular weight excluding hydrogens is 345 g/mol. The summed E-state index contributed by atoms with van der Waals surface area (Å²) in [4.78, 5) is 16.0. The minimum absolute atomic E-state index is 0.0795. The third kappa shape index (κ3) is 2.13. The summed E-state index contributed by atoms with van der Waals surface area (Å²) in [6.07, 6.45) is -4.44. The highest BCUT2D eigenvalue weighted by molar-refractivity contribution is 7.99. The maximum Gasteiger partial charge on any atom is 0.416 e. The summed E-state index contributed by atoms with van der Waals surface area (Å²) < 4.78 is 40.6. The van der Waals surface area contributed by atoms with Crippen molar-refractivity contribution in [1.82, 2.24) is 9.55 Å². The summed E-state index contributed by atoms with van der Waals surface area (Å²) in [7, 11) is 0. The van der Waals surface area contributed by atoms with E-state index in [1.807, 2.05) is 6.07 Å². The number of nitrogens with zero attached hydrogens (tertiary/aromatic N) is 1. The summed E-state index contributed by atoms with van der Waals surface area (Å²) in [6, 6.07) is 8.72. The van der Waals surface area contributed by atoms with Gasteiger partial charge in [0.2, 0.25) is 0 Å². The molecular formula is C15H7F3N2OS2. The van der Waals surface area contributed by atoms with Crippen LogP contribution in [0.25, 0.3) is 16.6 Å². The van der Waals surface area contributed by atoms with Crippen LogP contribution in [0.2, 0.25) is 0 Å². The van der Waals surface area contributed by atoms with Gasteiger partial charge in [-0.25, -0.2) is 0 Å². The van der Waals surface area contributed by atoms with Gasteiger partial charge in [-0.3, -0.25) is 14.3 Å². The smallest absolute Gasteiger partial charge is 0.298 e. The Morgan fingerprint density at radius 2 is 1.91 bits per heavy atom. The van der Waals surface area contributed by atoms with Crippen molar-refractivity contribution < 1.29 is 13.2 Å². The molecule has 0 atom stereocenters. The molecule has 1 N–H and O–H groups in total. The summed E-state index contributed by atoms with van der Waals surface area (Å²) >= 11 is 6.51. The lowest BCUT2D eigenvalue weighted by molar-refractivity contribution is -0.137. The number of H-pyrrole nitrogens is 1. The van der Waals surface area contributed by atoms with Crippen molar-refractivity contribution >= 4 is 34.9 Å². The first-order valence-corrected chi connectivity index (χ1v) is 7.76. The van der Waals surface area contributed by atoms with Crippen molar-refractivity contribution in [3.05, 3.63) is 57.1 Å². The fourth-order valence-corrected chi connectivity index (χ4v) is 4.00. The van der Waals surface area contributed by atoms with E-state index in [9.17, 15) is 18.0 Å². The van der Waals surface area contributed by atoms with Gasteiger partial charge in [-0.1, -0.05) is 17.8 Å². The van der Waals surface area contributed by atoms with Gasteiger partial charge in [0.05, 0.1) is 22.2 Å². The molecule has 0 saturated carbocycles. The van der Waals surface area contributed by atoms with E-state index in [4.69, 9.17) is 12.2 Å². The molecule has 0 spiro atoms. The molecule has 4 rings (SSSR count). The van der Waals surface area contributed by atoms with Crippen LogP contribution in [-0.2, 0) is 6.18 Å². The van der Waals surface area contributed by atoms with Gasteiger partial charge in [-0.15, -0.1) is 0 Å². The second kappa shape index (κ2) is 4.72. The molecule has 23 heavy (non-hydrogen) atoms. The van der Waals surface area contributed by atoms with Gasteiger partial charge < -0.3 is 0 Å². The number of fused-ring (bicyclic) bond motifs is 2. The van der Waals surface area contributed by atoms with Crippen molar-refractivity contribution in [3.63, 3.8) is 0 Å². The van der Waals surface area contributed by atoms with E-state index in [1.54, 1.807) is 12.1 Å². The first kappa shape index (κ1) is 14.5. The van der Waals surface area contributed by atoms with Crippen molar-refractivity contribution in [2.75, 3.05) is 0 Å². The van der Waals surface area contributed by atoms with Gasteiger partial charge in [-0.2, -0.15) is 13.2 Å². The van der Waals surface area contributed by atoms with Crippen molar-refractivity contribution in [1.29, 1.82) is 0 Å². The van der Waals surface area contributed by atoms with Gasteiger partial charge in [0.1, 0.15) is 0 Å². The largest absolute Gasteiger partial charge is 0.416 e. The molecule has 1 aromatic heterocycles. The van der Waals surface area contributed by atoms with E-state index in [0.717, 1.165) is 17.0 Å². The van der Waals surface area contributed by atoms with E-state index in [1.165, 1.54) is 22.4 Å². The summed E-state index contributed by atoms with van der Waals surface area (Å²) in [6.45, 7) is 0. The second-order valence-corrected chi connectivity index (χ2v) is 6.50. The first-order valence-electron chi connectivity index (χ1n) is 6.54. The van der Waals surface area contributed by atoms with Crippen molar-refractivity contribution in [3.8, 4) is 5.69 Å². The minimum atomic E-state index is -4.44. The molecule has 1 aliphatic rings. The number of alkyl halides is 3. The first-order chi connectivity index (χ1) is 10.9. The van der Waals surface area contributed by atoms with E-state index < -0.39 is 11.7 Å². The van der Waals surface area contributed by atoms with Gasteiger partial charge >= 0.3 is 6.18 Å². The summed E-state index contributed by atoms with van der Waals surface area (Å²) in [5.74, 6) is 0. The van der Waals surface area contributed by atoms with Crippen LogP contribution in [0.3, 0.4) is 0 Å². The Kier molecular flexibility index (Phi) is 2.98. The number of hydrogen-bond acceptors (Lipinski definition) is 3. The molecule has 8 heteroatoms. The maximum absolute atomic E-state index is 13.0. The quantitative estimate of drug-likeness (QED) is 0.473. The second-order valence-electron chi connectivity index (χ2n) is 5.03.